The number of carbonyl (C=O) groups excluding carboxylic acids is 2. The number of hydrogen-bond acceptors (Lipinski definition) is 3. The number of nitrogens with zero attached hydrogens (tertiary/aromatic N) is 1. The van der Waals surface area contributed by atoms with Crippen molar-refractivity contribution < 1.29 is 14.3 Å². The van der Waals surface area contributed by atoms with E-state index in [1.165, 1.54) is 6.92 Å². The van der Waals surface area contributed by atoms with Crippen molar-refractivity contribution in [1.82, 2.24) is 5.32 Å². The molecule has 0 aromatic heterocycles. The molecule has 1 saturated heterocycles. The second-order valence-electron chi connectivity index (χ2n) is 4.94. The van der Waals surface area contributed by atoms with Crippen LogP contribution in [0.15, 0.2) is 28.7 Å². The zero-order valence-corrected chi connectivity index (χ0v) is 13.6. The predicted molar refractivity (Wildman–Crippen MR) is 84.2 cm³/mol. The van der Waals surface area contributed by atoms with Crippen LogP contribution in [0.4, 0.5) is 5.69 Å². The molecule has 114 valence electrons. The van der Waals surface area contributed by atoms with Gasteiger partial charge in [0.05, 0.1) is 0 Å². The molecule has 1 unspecified atom stereocenters. The number of anilines is 1. The first kappa shape index (κ1) is 16.0. The number of carbonyl (C=O) groups is 2. The van der Waals surface area contributed by atoms with Crippen LogP contribution in [0.25, 0.3) is 0 Å². The number of hydrogen-bond donors (Lipinski definition) is 1. The zero-order chi connectivity index (χ0) is 15.2. The lowest BCUT2D eigenvalue weighted by atomic mass is 10.2. The van der Waals surface area contributed by atoms with Crippen molar-refractivity contribution in [3.05, 3.63) is 28.7 Å². The van der Waals surface area contributed by atoms with Crippen LogP contribution in [-0.4, -0.2) is 37.6 Å². The molecular formula is C15H19BrN2O3. The number of halogens is 1. The van der Waals surface area contributed by atoms with Gasteiger partial charge in [0.15, 0.2) is 0 Å². The highest BCUT2D eigenvalue weighted by Crippen LogP contribution is 2.19. The van der Waals surface area contributed by atoms with E-state index >= 15 is 0 Å². The minimum absolute atomic E-state index is 0.0561. The normalized spacial score (nSPS) is 17.5. The SMILES string of the molecule is CC(=O)N(CCNC(=O)C1CCCO1)c1cccc(Br)c1. The summed E-state index contributed by atoms with van der Waals surface area (Å²) in [6.07, 6.45) is 1.37. The average Bonchev–Trinajstić information content (AvgIpc) is 2.97. The van der Waals surface area contributed by atoms with Crippen molar-refractivity contribution in [3.63, 3.8) is 0 Å². The summed E-state index contributed by atoms with van der Waals surface area (Å²) in [7, 11) is 0. The quantitative estimate of drug-likeness (QED) is 0.880. The van der Waals surface area contributed by atoms with Crippen LogP contribution in [0.5, 0.6) is 0 Å². The van der Waals surface area contributed by atoms with E-state index in [4.69, 9.17) is 4.74 Å². The molecule has 0 aliphatic carbocycles. The highest BCUT2D eigenvalue weighted by Gasteiger charge is 2.23. The van der Waals surface area contributed by atoms with Gasteiger partial charge >= 0.3 is 0 Å². The zero-order valence-electron chi connectivity index (χ0n) is 12.0. The summed E-state index contributed by atoms with van der Waals surface area (Å²) >= 11 is 3.39. The van der Waals surface area contributed by atoms with Gasteiger partial charge in [0.2, 0.25) is 11.8 Å². The van der Waals surface area contributed by atoms with Gasteiger partial charge in [-0.05, 0) is 31.0 Å². The lowest BCUT2D eigenvalue weighted by Crippen LogP contribution is -2.41. The Morgan fingerprint density at radius 3 is 2.90 bits per heavy atom. The lowest BCUT2D eigenvalue weighted by molar-refractivity contribution is -0.130. The molecule has 1 heterocycles. The van der Waals surface area contributed by atoms with E-state index in [-0.39, 0.29) is 17.9 Å². The molecule has 1 aromatic carbocycles. The Bertz CT molecular complexity index is 515. The fraction of sp³-hybridized carbons (Fsp3) is 0.467. The summed E-state index contributed by atoms with van der Waals surface area (Å²) in [6.45, 7) is 3.01. The van der Waals surface area contributed by atoms with Crippen molar-refractivity contribution in [2.45, 2.75) is 25.9 Å². The van der Waals surface area contributed by atoms with Gasteiger partial charge in [0.1, 0.15) is 6.10 Å². The van der Waals surface area contributed by atoms with Gasteiger partial charge < -0.3 is 15.0 Å². The van der Waals surface area contributed by atoms with Crippen LogP contribution in [0.2, 0.25) is 0 Å². The van der Waals surface area contributed by atoms with Crippen LogP contribution in [0, 0.1) is 0 Å². The van der Waals surface area contributed by atoms with E-state index in [0.29, 0.717) is 19.7 Å². The van der Waals surface area contributed by atoms with Gasteiger partial charge in [-0.3, -0.25) is 9.59 Å². The van der Waals surface area contributed by atoms with Gasteiger partial charge in [-0.1, -0.05) is 22.0 Å². The molecule has 2 rings (SSSR count). The van der Waals surface area contributed by atoms with Gasteiger partial charge in [-0.2, -0.15) is 0 Å². The fourth-order valence-electron chi connectivity index (χ4n) is 2.30. The molecule has 1 N–H and O–H groups in total. The van der Waals surface area contributed by atoms with Gasteiger partial charge in [0, 0.05) is 36.8 Å². The Morgan fingerprint density at radius 1 is 1.48 bits per heavy atom. The third-order valence-corrected chi connectivity index (χ3v) is 3.85. The Balaban J connectivity index is 1.88. The smallest absolute Gasteiger partial charge is 0.249 e. The van der Waals surface area contributed by atoms with Crippen molar-refractivity contribution in [1.29, 1.82) is 0 Å². The minimum Gasteiger partial charge on any atom is -0.368 e. The molecule has 0 bridgehead atoms. The molecule has 1 fully saturated rings. The van der Waals surface area contributed by atoms with Crippen LogP contribution < -0.4 is 10.2 Å². The Hall–Kier alpha value is -1.40. The summed E-state index contributed by atoms with van der Waals surface area (Å²) in [5.41, 5.74) is 0.809. The Morgan fingerprint density at radius 2 is 2.29 bits per heavy atom. The number of benzene rings is 1. The minimum atomic E-state index is -0.332. The molecule has 21 heavy (non-hydrogen) atoms. The van der Waals surface area contributed by atoms with Crippen LogP contribution >= 0.6 is 15.9 Å². The average molecular weight is 355 g/mol. The standard InChI is InChI=1S/C15H19BrN2O3/c1-11(19)18(13-5-2-4-12(16)10-13)8-7-17-15(20)14-6-3-9-21-14/h2,4-5,10,14H,3,6-9H2,1H3,(H,17,20). The fourth-order valence-corrected chi connectivity index (χ4v) is 2.69. The molecule has 6 heteroatoms. The van der Waals surface area contributed by atoms with Gasteiger partial charge in [-0.15, -0.1) is 0 Å². The van der Waals surface area contributed by atoms with Crippen molar-refractivity contribution in [2.24, 2.45) is 0 Å². The summed E-state index contributed by atoms with van der Waals surface area (Å²) < 4.78 is 6.23. The number of amides is 2. The molecule has 1 atom stereocenters. The van der Waals surface area contributed by atoms with E-state index in [1.54, 1.807) is 4.90 Å². The number of ether oxygens (including phenoxy) is 1. The molecule has 1 aromatic rings. The summed E-state index contributed by atoms with van der Waals surface area (Å²) in [5.74, 6) is -0.148. The van der Waals surface area contributed by atoms with Crippen LogP contribution in [0.1, 0.15) is 19.8 Å². The Labute approximate surface area is 132 Å². The second-order valence-corrected chi connectivity index (χ2v) is 5.86. The lowest BCUT2D eigenvalue weighted by Gasteiger charge is -2.22. The first-order chi connectivity index (χ1) is 10.1. The number of rotatable bonds is 5. The summed E-state index contributed by atoms with van der Waals surface area (Å²) in [4.78, 5) is 25.2. The topological polar surface area (TPSA) is 58.6 Å². The number of nitrogens with one attached hydrogen (secondary N) is 1. The van der Waals surface area contributed by atoms with Crippen molar-refractivity contribution in [3.8, 4) is 0 Å². The van der Waals surface area contributed by atoms with Crippen molar-refractivity contribution >= 4 is 33.4 Å². The molecule has 2 amide bonds. The molecule has 0 spiro atoms. The van der Waals surface area contributed by atoms with E-state index in [1.807, 2.05) is 24.3 Å². The predicted octanol–water partition coefficient (Wildman–Crippen LogP) is 2.10. The molecular weight excluding hydrogens is 336 g/mol. The summed E-state index contributed by atoms with van der Waals surface area (Å²) in [6, 6.07) is 7.53. The molecule has 0 radical (unpaired) electrons. The maximum absolute atomic E-state index is 11.8. The first-order valence-electron chi connectivity index (χ1n) is 7.01. The third-order valence-electron chi connectivity index (χ3n) is 3.36. The van der Waals surface area contributed by atoms with E-state index in [2.05, 4.69) is 21.2 Å². The van der Waals surface area contributed by atoms with E-state index in [9.17, 15) is 9.59 Å². The molecule has 5 nitrogen and oxygen atoms in total. The highest BCUT2D eigenvalue weighted by atomic mass is 79.9. The molecule has 1 aliphatic heterocycles. The molecule has 1 aliphatic rings. The maximum Gasteiger partial charge on any atom is 0.249 e. The van der Waals surface area contributed by atoms with E-state index < -0.39 is 0 Å². The van der Waals surface area contributed by atoms with Crippen molar-refractivity contribution in [2.75, 3.05) is 24.6 Å². The first-order valence-corrected chi connectivity index (χ1v) is 7.80. The maximum atomic E-state index is 11.8. The highest BCUT2D eigenvalue weighted by molar-refractivity contribution is 9.10. The largest absolute Gasteiger partial charge is 0.368 e. The Kier molecular flexibility index (Phi) is 5.76. The van der Waals surface area contributed by atoms with Crippen LogP contribution in [0.3, 0.4) is 0 Å². The third kappa shape index (κ3) is 4.54. The second kappa shape index (κ2) is 7.56. The van der Waals surface area contributed by atoms with E-state index in [0.717, 1.165) is 23.0 Å². The van der Waals surface area contributed by atoms with Gasteiger partial charge in [0.25, 0.3) is 0 Å². The van der Waals surface area contributed by atoms with Crippen LogP contribution in [-0.2, 0) is 14.3 Å². The summed E-state index contributed by atoms with van der Waals surface area (Å²) in [5, 5.41) is 2.82. The molecule has 0 saturated carbocycles. The van der Waals surface area contributed by atoms with Gasteiger partial charge in [-0.25, -0.2) is 0 Å². The monoisotopic (exact) mass is 354 g/mol.